The van der Waals surface area contributed by atoms with E-state index in [9.17, 15) is 17.6 Å². The van der Waals surface area contributed by atoms with Crippen molar-refractivity contribution in [2.24, 2.45) is 0 Å². The summed E-state index contributed by atoms with van der Waals surface area (Å²) in [5, 5.41) is 2.71. The number of aryl methyl sites for hydroxylation is 1. The highest BCUT2D eigenvalue weighted by Crippen LogP contribution is 2.34. The predicted octanol–water partition coefficient (Wildman–Crippen LogP) is 3.99. The Kier molecular flexibility index (Phi) is 6.50. The van der Waals surface area contributed by atoms with Gasteiger partial charge in [-0.05, 0) is 73.0 Å². The number of benzene rings is 3. The molecule has 0 saturated heterocycles. The highest BCUT2D eigenvalue weighted by atomic mass is 32.2. The van der Waals surface area contributed by atoms with Crippen LogP contribution in [0.3, 0.4) is 0 Å². The molecule has 4 rings (SSSR count). The number of ether oxygens (including phenoxy) is 2. The molecule has 3 aromatic rings. The van der Waals surface area contributed by atoms with Crippen LogP contribution in [-0.4, -0.2) is 34.6 Å². The minimum atomic E-state index is -3.74. The molecule has 0 fully saturated rings. The summed E-state index contributed by atoms with van der Waals surface area (Å²) in [5.41, 5.74) is 1.91. The standard InChI is InChI=1S/C24H23FN2O5S/c1-31-19-9-11-20(12-10-19)33(29,30)27-14-4-5-17-15-18(8-13-22(17)27)26-24(28)16-32-23-7-3-2-6-21(23)25/h2-3,6-13,15H,4-5,14,16H2,1H3,(H,26,28). The van der Waals surface area contributed by atoms with E-state index in [0.717, 1.165) is 5.56 Å². The lowest BCUT2D eigenvalue weighted by molar-refractivity contribution is -0.118. The summed E-state index contributed by atoms with van der Waals surface area (Å²) in [6, 6.07) is 17.2. The van der Waals surface area contributed by atoms with Crippen LogP contribution in [0.1, 0.15) is 12.0 Å². The Morgan fingerprint density at radius 1 is 1.09 bits per heavy atom. The van der Waals surface area contributed by atoms with Crippen LogP contribution >= 0.6 is 0 Å². The molecule has 1 aliphatic rings. The molecule has 0 spiro atoms. The topological polar surface area (TPSA) is 84.9 Å². The monoisotopic (exact) mass is 470 g/mol. The van der Waals surface area contributed by atoms with Crippen LogP contribution in [0.4, 0.5) is 15.8 Å². The van der Waals surface area contributed by atoms with E-state index in [1.165, 1.54) is 41.7 Å². The number of sulfonamides is 1. The summed E-state index contributed by atoms with van der Waals surface area (Å²) in [7, 11) is -2.22. The normalized spacial score (nSPS) is 13.2. The van der Waals surface area contributed by atoms with Crippen LogP contribution in [-0.2, 0) is 21.2 Å². The van der Waals surface area contributed by atoms with Gasteiger partial charge in [-0.25, -0.2) is 12.8 Å². The van der Waals surface area contributed by atoms with Crippen molar-refractivity contribution in [2.45, 2.75) is 17.7 Å². The van der Waals surface area contributed by atoms with Crippen LogP contribution in [0.15, 0.2) is 71.6 Å². The number of amides is 1. The maximum atomic E-state index is 13.6. The number of nitrogens with zero attached hydrogens (tertiary/aromatic N) is 1. The van der Waals surface area contributed by atoms with Gasteiger partial charge in [0, 0.05) is 12.2 Å². The van der Waals surface area contributed by atoms with Gasteiger partial charge in [0.15, 0.2) is 18.2 Å². The second-order valence-electron chi connectivity index (χ2n) is 7.47. The average molecular weight is 471 g/mol. The van der Waals surface area contributed by atoms with E-state index < -0.39 is 21.7 Å². The number of carbonyl (C=O) groups excluding carboxylic acids is 1. The molecule has 1 heterocycles. The Balaban J connectivity index is 1.48. The summed E-state index contributed by atoms with van der Waals surface area (Å²) in [5.74, 6) is -0.418. The first-order valence-electron chi connectivity index (χ1n) is 10.4. The molecule has 1 aliphatic heterocycles. The molecule has 0 radical (unpaired) electrons. The molecule has 9 heteroatoms. The summed E-state index contributed by atoms with van der Waals surface area (Å²) in [4.78, 5) is 12.4. The molecule has 0 unspecified atom stereocenters. The molecule has 1 N–H and O–H groups in total. The third-order valence-corrected chi connectivity index (χ3v) is 7.11. The smallest absolute Gasteiger partial charge is 0.264 e. The molecule has 0 aliphatic carbocycles. The number of halogens is 1. The zero-order valence-electron chi connectivity index (χ0n) is 18.0. The second kappa shape index (κ2) is 9.50. The largest absolute Gasteiger partial charge is 0.497 e. The molecule has 3 aromatic carbocycles. The van der Waals surface area contributed by atoms with Crippen molar-refractivity contribution >= 4 is 27.3 Å². The lowest BCUT2D eigenvalue weighted by Gasteiger charge is -2.31. The van der Waals surface area contributed by atoms with Crippen molar-refractivity contribution in [2.75, 3.05) is 29.9 Å². The van der Waals surface area contributed by atoms with Gasteiger partial charge in [0.2, 0.25) is 0 Å². The Morgan fingerprint density at radius 2 is 1.85 bits per heavy atom. The first-order chi connectivity index (χ1) is 15.9. The number of nitrogens with one attached hydrogen (secondary N) is 1. The third kappa shape index (κ3) is 4.93. The maximum Gasteiger partial charge on any atom is 0.264 e. The predicted molar refractivity (Wildman–Crippen MR) is 123 cm³/mol. The molecule has 0 aromatic heterocycles. The molecule has 172 valence electrons. The van der Waals surface area contributed by atoms with Crippen LogP contribution in [0, 0.1) is 5.82 Å². The summed E-state index contributed by atoms with van der Waals surface area (Å²) in [6.45, 7) is 0.0134. The number of carbonyl (C=O) groups is 1. The third-order valence-electron chi connectivity index (χ3n) is 5.28. The van der Waals surface area contributed by atoms with E-state index in [0.29, 0.717) is 36.5 Å². The van der Waals surface area contributed by atoms with Gasteiger partial charge < -0.3 is 14.8 Å². The fraction of sp³-hybridized carbons (Fsp3) is 0.208. The molecule has 7 nitrogen and oxygen atoms in total. The summed E-state index contributed by atoms with van der Waals surface area (Å²) in [6.07, 6.45) is 1.33. The van der Waals surface area contributed by atoms with Crippen molar-refractivity contribution < 1.29 is 27.1 Å². The van der Waals surface area contributed by atoms with E-state index in [-0.39, 0.29) is 17.3 Å². The van der Waals surface area contributed by atoms with Crippen molar-refractivity contribution in [3.05, 3.63) is 78.1 Å². The summed E-state index contributed by atoms with van der Waals surface area (Å²) >= 11 is 0. The Morgan fingerprint density at radius 3 is 2.58 bits per heavy atom. The Bertz CT molecular complexity index is 1260. The lowest BCUT2D eigenvalue weighted by atomic mass is 10.0. The van der Waals surface area contributed by atoms with Crippen LogP contribution < -0.4 is 19.1 Å². The van der Waals surface area contributed by atoms with Gasteiger partial charge in [0.25, 0.3) is 15.9 Å². The van der Waals surface area contributed by atoms with Gasteiger partial charge in [-0.2, -0.15) is 0 Å². The van der Waals surface area contributed by atoms with E-state index in [1.54, 1.807) is 36.4 Å². The zero-order chi connectivity index (χ0) is 23.4. The fourth-order valence-corrected chi connectivity index (χ4v) is 5.21. The number of anilines is 2. The second-order valence-corrected chi connectivity index (χ2v) is 9.33. The number of para-hydroxylation sites is 1. The maximum absolute atomic E-state index is 13.6. The van der Waals surface area contributed by atoms with Gasteiger partial charge >= 0.3 is 0 Å². The average Bonchev–Trinajstić information content (AvgIpc) is 2.83. The van der Waals surface area contributed by atoms with Crippen molar-refractivity contribution in [1.29, 1.82) is 0 Å². The first-order valence-corrected chi connectivity index (χ1v) is 11.8. The van der Waals surface area contributed by atoms with Gasteiger partial charge in [0.1, 0.15) is 5.75 Å². The number of methoxy groups -OCH3 is 1. The van der Waals surface area contributed by atoms with Gasteiger partial charge in [-0.3, -0.25) is 9.10 Å². The molecule has 0 atom stereocenters. The van der Waals surface area contributed by atoms with E-state index >= 15 is 0 Å². The molecule has 33 heavy (non-hydrogen) atoms. The van der Waals surface area contributed by atoms with Crippen LogP contribution in [0.25, 0.3) is 0 Å². The quantitative estimate of drug-likeness (QED) is 0.564. The van der Waals surface area contributed by atoms with Crippen molar-refractivity contribution in [3.8, 4) is 11.5 Å². The summed E-state index contributed by atoms with van der Waals surface area (Å²) < 4.78 is 51.8. The van der Waals surface area contributed by atoms with Crippen molar-refractivity contribution in [1.82, 2.24) is 0 Å². The van der Waals surface area contributed by atoms with Crippen LogP contribution in [0.5, 0.6) is 11.5 Å². The van der Waals surface area contributed by atoms with Gasteiger partial charge in [-0.15, -0.1) is 0 Å². The Labute approximate surface area is 191 Å². The number of hydrogen-bond acceptors (Lipinski definition) is 5. The van der Waals surface area contributed by atoms with E-state index in [1.807, 2.05) is 0 Å². The Hall–Kier alpha value is -3.59. The minimum absolute atomic E-state index is 0.00234. The fourth-order valence-electron chi connectivity index (χ4n) is 3.67. The zero-order valence-corrected chi connectivity index (χ0v) is 18.8. The molecule has 0 saturated carbocycles. The highest BCUT2D eigenvalue weighted by Gasteiger charge is 2.29. The first kappa shape index (κ1) is 22.6. The van der Waals surface area contributed by atoms with Crippen LogP contribution in [0.2, 0.25) is 0 Å². The molecule has 1 amide bonds. The highest BCUT2D eigenvalue weighted by molar-refractivity contribution is 7.92. The number of fused-ring (bicyclic) bond motifs is 1. The molecule has 0 bridgehead atoms. The SMILES string of the molecule is COc1ccc(S(=O)(=O)N2CCCc3cc(NC(=O)COc4ccccc4F)ccc32)cc1. The number of hydrogen-bond donors (Lipinski definition) is 1. The minimum Gasteiger partial charge on any atom is -0.497 e. The van der Waals surface area contributed by atoms with Gasteiger partial charge in [0.05, 0.1) is 17.7 Å². The van der Waals surface area contributed by atoms with E-state index in [2.05, 4.69) is 5.32 Å². The molecular formula is C24H23FN2O5S. The van der Waals surface area contributed by atoms with E-state index in [4.69, 9.17) is 9.47 Å². The van der Waals surface area contributed by atoms with Crippen molar-refractivity contribution in [3.63, 3.8) is 0 Å². The van der Waals surface area contributed by atoms with Gasteiger partial charge in [-0.1, -0.05) is 12.1 Å². The lowest BCUT2D eigenvalue weighted by Crippen LogP contribution is -2.35. The number of rotatable bonds is 7. The molecular weight excluding hydrogens is 447 g/mol.